The Labute approximate surface area is 100 Å². The number of carbonyl (C=O) groups is 2. The van der Waals surface area contributed by atoms with Crippen LogP contribution in [0.2, 0.25) is 0 Å². The van der Waals surface area contributed by atoms with Gasteiger partial charge in [0, 0.05) is 24.9 Å². The molecule has 0 spiro atoms. The van der Waals surface area contributed by atoms with Crippen molar-refractivity contribution in [3.8, 4) is 0 Å². The SMILES string of the molecule is N[C@H]1CC[C@H](NC(=O)C2=NNC(=O)CC2)CC1. The van der Waals surface area contributed by atoms with E-state index in [0.29, 0.717) is 18.6 Å². The van der Waals surface area contributed by atoms with Gasteiger partial charge < -0.3 is 11.1 Å². The third-order valence-electron chi connectivity index (χ3n) is 3.27. The first kappa shape index (κ1) is 12.0. The second kappa shape index (κ2) is 5.27. The molecule has 6 nitrogen and oxygen atoms in total. The molecule has 0 aromatic rings. The predicted octanol–water partition coefficient (Wildman–Crippen LogP) is -0.361. The van der Waals surface area contributed by atoms with Crippen LogP contribution in [-0.2, 0) is 9.59 Å². The fraction of sp³-hybridized carbons (Fsp3) is 0.727. The monoisotopic (exact) mass is 238 g/mol. The van der Waals surface area contributed by atoms with Crippen molar-refractivity contribution in [2.75, 3.05) is 0 Å². The molecule has 1 fully saturated rings. The van der Waals surface area contributed by atoms with Crippen molar-refractivity contribution in [2.24, 2.45) is 10.8 Å². The zero-order valence-corrected chi connectivity index (χ0v) is 9.74. The van der Waals surface area contributed by atoms with Crippen molar-refractivity contribution in [1.82, 2.24) is 10.7 Å². The van der Waals surface area contributed by atoms with Crippen LogP contribution in [0.1, 0.15) is 38.5 Å². The van der Waals surface area contributed by atoms with Crippen LogP contribution in [0, 0.1) is 0 Å². The number of nitrogens with one attached hydrogen (secondary N) is 2. The third-order valence-corrected chi connectivity index (χ3v) is 3.27. The van der Waals surface area contributed by atoms with E-state index in [4.69, 9.17) is 5.73 Å². The van der Waals surface area contributed by atoms with Gasteiger partial charge in [0.1, 0.15) is 5.71 Å². The van der Waals surface area contributed by atoms with Crippen LogP contribution < -0.4 is 16.5 Å². The molecule has 6 heteroatoms. The Morgan fingerprint density at radius 1 is 1.29 bits per heavy atom. The molecule has 1 saturated carbocycles. The Bertz CT molecular complexity index is 345. The van der Waals surface area contributed by atoms with E-state index in [1.165, 1.54) is 0 Å². The van der Waals surface area contributed by atoms with Crippen LogP contribution in [0.3, 0.4) is 0 Å². The molecular formula is C11H18N4O2. The number of nitrogens with two attached hydrogens (primary N) is 1. The molecule has 0 unspecified atom stereocenters. The van der Waals surface area contributed by atoms with Crippen LogP contribution in [0.15, 0.2) is 5.10 Å². The largest absolute Gasteiger partial charge is 0.348 e. The molecule has 2 amide bonds. The van der Waals surface area contributed by atoms with Crippen LogP contribution in [0.25, 0.3) is 0 Å². The van der Waals surface area contributed by atoms with Crippen LogP contribution in [0.5, 0.6) is 0 Å². The van der Waals surface area contributed by atoms with Gasteiger partial charge in [-0.05, 0) is 25.7 Å². The highest BCUT2D eigenvalue weighted by Gasteiger charge is 2.23. The molecule has 1 aliphatic heterocycles. The Balaban J connectivity index is 1.83. The lowest BCUT2D eigenvalue weighted by Crippen LogP contribution is -2.44. The molecule has 2 rings (SSSR count). The van der Waals surface area contributed by atoms with Crippen LogP contribution in [0.4, 0.5) is 0 Å². The Morgan fingerprint density at radius 2 is 2.00 bits per heavy atom. The molecule has 0 saturated heterocycles. The number of amides is 2. The summed E-state index contributed by atoms with van der Waals surface area (Å²) in [5.74, 6) is -0.296. The number of hydrazone groups is 1. The Hall–Kier alpha value is -1.43. The summed E-state index contributed by atoms with van der Waals surface area (Å²) in [5, 5.41) is 6.72. The molecule has 0 aromatic carbocycles. The summed E-state index contributed by atoms with van der Waals surface area (Å²) in [6.45, 7) is 0. The Morgan fingerprint density at radius 3 is 2.59 bits per heavy atom. The molecule has 0 aromatic heterocycles. The molecule has 0 radical (unpaired) electrons. The topological polar surface area (TPSA) is 96.6 Å². The van der Waals surface area contributed by atoms with Gasteiger partial charge in [0.25, 0.3) is 5.91 Å². The van der Waals surface area contributed by atoms with Gasteiger partial charge in [0.15, 0.2) is 0 Å². The number of rotatable bonds is 2. The molecule has 0 atom stereocenters. The van der Waals surface area contributed by atoms with Gasteiger partial charge in [0.2, 0.25) is 5.91 Å². The predicted molar refractivity (Wildman–Crippen MR) is 63.2 cm³/mol. The van der Waals surface area contributed by atoms with E-state index in [-0.39, 0.29) is 23.9 Å². The minimum absolute atomic E-state index is 0.134. The average molecular weight is 238 g/mol. The molecule has 1 aliphatic carbocycles. The summed E-state index contributed by atoms with van der Waals surface area (Å²) in [6.07, 6.45) is 4.51. The lowest BCUT2D eigenvalue weighted by Gasteiger charge is -2.27. The zero-order chi connectivity index (χ0) is 12.3. The third kappa shape index (κ3) is 3.26. The molecule has 17 heavy (non-hydrogen) atoms. The summed E-state index contributed by atoms with van der Waals surface area (Å²) in [6, 6.07) is 0.470. The van der Waals surface area contributed by atoms with Crippen LogP contribution >= 0.6 is 0 Å². The number of carbonyl (C=O) groups excluding carboxylic acids is 2. The van der Waals surface area contributed by atoms with Gasteiger partial charge >= 0.3 is 0 Å². The van der Waals surface area contributed by atoms with E-state index in [0.717, 1.165) is 25.7 Å². The fourth-order valence-electron chi connectivity index (χ4n) is 2.17. The lowest BCUT2D eigenvalue weighted by molar-refractivity contribution is -0.121. The summed E-state index contributed by atoms with van der Waals surface area (Å²) >= 11 is 0. The van der Waals surface area contributed by atoms with Crippen LogP contribution in [-0.4, -0.2) is 29.6 Å². The van der Waals surface area contributed by atoms with E-state index < -0.39 is 0 Å². The quantitative estimate of drug-likeness (QED) is 0.612. The first-order chi connectivity index (χ1) is 8.15. The highest BCUT2D eigenvalue weighted by molar-refractivity contribution is 6.39. The normalized spacial score (nSPS) is 29.2. The van der Waals surface area contributed by atoms with E-state index in [2.05, 4.69) is 15.8 Å². The smallest absolute Gasteiger partial charge is 0.267 e. The zero-order valence-electron chi connectivity index (χ0n) is 9.74. The fourth-order valence-corrected chi connectivity index (χ4v) is 2.17. The maximum absolute atomic E-state index is 11.8. The van der Waals surface area contributed by atoms with Crippen molar-refractivity contribution in [3.05, 3.63) is 0 Å². The highest BCUT2D eigenvalue weighted by Crippen LogP contribution is 2.17. The molecule has 1 heterocycles. The number of nitrogens with zero attached hydrogens (tertiary/aromatic N) is 1. The van der Waals surface area contributed by atoms with E-state index in [1.54, 1.807) is 0 Å². The van der Waals surface area contributed by atoms with E-state index in [9.17, 15) is 9.59 Å². The van der Waals surface area contributed by atoms with Gasteiger partial charge in [-0.3, -0.25) is 9.59 Å². The van der Waals surface area contributed by atoms with Gasteiger partial charge in [-0.25, -0.2) is 5.43 Å². The first-order valence-electron chi connectivity index (χ1n) is 6.07. The molecule has 94 valence electrons. The minimum Gasteiger partial charge on any atom is -0.348 e. The van der Waals surface area contributed by atoms with Crippen molar-refractivity contribution < 1.29 is 9.59 Å². The minimum atomic E-state index is -0.162. The summed E-state index contributed by atoms with van der Waals surface area (Å²) < 4.78 is 0. The summed E-state index contributed by atoms with van der Waals surface area (Å²) in [7, 11) is 0. The molecule has 4 N–H and O–H groups in total. The molecular weight excluding hydrogens is 220 g/mol. The van der Waals surface area contributed by atoms with E-state index >= 15 is 0 Å². The van der Waals surface area contributed by atoms with Crippen molar-refractivity contribution in [1.29, 1.82) is 0 Å². The van der Waals surface area contributed by atoms with Gasteiger partial charge in [-0.2, -0.15) is 5.10 Å². The van der Waals surface area contributed by atoms with Crippen molar-refractivity contribution in [2.45, 2.75) is 50.6 Å². The summed E-state index contributed by atoms with van der Waals surface area (Å²) in [5.41, 5.74) is 8.54. The molecule has 2 aliphatic rings. The van der Waals surface area contributed by atoms with E-state index in [1.807, 2.05) is 0 Å². The second-order valence-corrected chi connectivity index (χ2v) is 4.68. The maximum atomic E-state index is 11.8. The second-order valence-electron chi connectivity index (χ2n) is 4.68. The lowest BCUT2D eigenvalue weighted by atomic mass is 9.91. The van der Waals surface area contributed by atoms with Crippen molar-refractivity contribution in [3.63, 3.8) is 0 Å². The Kier molecular flexibility index (Phi) is 3.73. The van der Waals surface area contributed by atoms with Gasteiger partial charge in [-0.15, -0.1) is 0 Å². The number of hydrogen-bond acceptors (Lipinski definition) is 4. The standard InChI is InChI=1S/C11H18N4O2/c12-7-1-3-8(4-2-7)13-11(17)9-5-6-10(16)15-14-9/h7-8H,1-6,12H2,(H,13,17)(H,15,16)/t7-,8-. The van der Waals surface area contributed by atoms with Gasteiger partial charge in [-0.1, -0.05) is 0 Å². The first-order valence-corrected chi connectivity index (χ1v) is 6.07. The maximum Gasteiger partial charge on any atom is 0.267 e. The average Bonchev–Trinajstić information content (AvgIpc) is 2.33. The summed E-state index contributed by atoms with van der Waals surface area (Å²) in [4.78, 5) is 22.7. The highest BCUT2D eigenvalue weighted by atomic mass is 16.2. The van der Waals surface area contributed by atoms with Gasteiger partial charge in [0.05, 0.1) is 0 Å². The number of hydrogen-bond donors (Lipinski definition) is 3. The molecule has 0 bridgehead atoms. The van der Waals surface area contributed by atoms with Crippen molar-refractivity contribution >= 4 is 17.5 Å².